The van der Waals surface area contributed by atoms with E-state index in [9.17, 15) is 18.0 Å². The van der Waals surface area contributed by atoms with Crippen molar-refractivity contribution in [2.45, 2.75) is 32.4 Å². The molecule has 2 amide bonds. The minimum atomic E-state index is -3.81. The number of benzene rings is 3. The summed E-state index contributed by atoms with van der Waals surface area (Å²) in [6.07, 6.45) is 2.06. The Kier molecular flexibility index (Phi) is 10.9. The van der Waals surface area contributed by atoms with Gasteiger partial charge in [0.15, 0.2) is 0 Å². The first kappa shape index (κ1) is 30.2. The van der Waals surface area contributed by atoms with Gasteiger partial charge in [0.25, 0.3) is 0 Å². The van der Waals surface area contributed by atoms with E-state index in [1.807, 2.05) is 49.4 Å². The minimum absolute atomic E-state index is 0.0883. The van der Waals surface area contributed by atoms with Gasteiger partial charge in [0, 0.05) is 24.0 Å². The highest BCUT2D eigenvalue weighted by Gasteiger charge is 2.33. The van der Waals surface area contributed by atoms with Crippen LogP contribution in [-0.4, -0.2) is 57.6 Å². The Morgan fingerprint density at radius 2 is 1.64 bits per heavy atom. The zero-order chi connectivity index (χ0) is 28.4. The molecule has 0 aromatic heterocycles. The minimum Gasteiger partial charge on any atom is -0.497 e. The van der Waals surface area contributed by atoms with Crippen molar-refractivity contribution in [1.29, 1.82) is 0 Å². The number of halogens is 1. The second kappa shape index (κ2) is 14.1. The van der Waals surface area contributed by atoms with Crippen LogP contribution < -0.4 is 14.4 Å². The largest absolute Gasteiger partial charge is 0.497 e. The monoisotopic (exact) mass is 615 g/mol. The van der Waals surface area contributed by atoms with E-state index < -0.39 is 28.5 Å². The predicted molar refractivity (Wildman–Crippen MR) is 157 cm³/mol. The summed E-state index contributed by atoms with van der Waals surface area (Å²) >= 11 is 3.36. The number of methoxy groups -OCH3 is 1. The fourth-order valence-corrected chi connectivity index (χ4v) is 5.22. The van der Waals surface area contributed by atoms with Crippen LogP contribution in [0, 0.1) is 0 Å². The Hall–Kier alpha value is -3.37. The van der Waals surface area contributed by atoms with Gasteiger partial charge < -0.3 is 15.0 Å². The quantitative estimate of drug-likeness (QED) is 0.308. The van der Waals surface area contributed by atoms with E-state index in [0.29, 0.717) is 18.0 Å². The van der Waals surface area contributed by atoms with Gasteiger partial charge in [-0.2, -0.15) is 0 Å². The van der Waals surface area contributed by atoms with Crippen LogP contribution in [-0.2, 0) is 32.6 Å². The molecule has 0 heterocycles. The van der Waals surface area contributed by atoms with Crippen molar-refractivity contribution in [3.8, 4) is 5.75 Å². The van der Waals surface area contributed by atoms with E-state index in [2.05, 4.69) is 21.2 Å². The van der Waals surface area contributed by atoms with Gasteiger partial charge in [-0.1, -0.05) is 65.3 Å². The molecule has 0 saturated carbocycles. The number of nitrogens with zero attached hydrogens (tertiary/aromatic N) is 2. The maximum Gasteiger partial charge on any atom is 0.244 e. The molecule has 3 aromatic rings. The molecule has 0 saturated heterocycles. The van der Waals surface area contributed by atoms with E-state index in [1.54, 1.807) is 43.5 Å². The van der Waals surface area contributed by atoms with Crippen LogP contribution in [0.2, 0.25) is 0 Å². The Morgan fingerprint density at radius 3 is 2.26 bits per heavy atom. The average Bonchev–Trinajstić information content (AvgIpc) is 2.92. The predicted octanol–water partition coefficient (Wildman–Crippen LogP) is 4.39. The van der Waals surface area contributed by atoms with E-state index in [-0.39, 0.29) is 18.9 Å². The number of hydrogen-bond donors (Lipinski definition) is 1. The normalized spacial score (nSPS) is 11.9. The molecule has 8 nitrogen and oxygen atoms in total. The van der Waals surface area contributed by atoms with Gasteiger partial charge in [-0.25, -0.2) is 8.42 Å². The molecule has 1 atom stereocenters. The van der Waals surface area contributed by atoms with Gasteiger partial charge in [-0.3, -0.25) is 13.9 Å². The van der Waals surface area contributed by atoms with Crippen LogP contribution in [0.4, 0.5) is 5.69 Å². The average molecular weight is 617 g/mol. The molecule has 208 valence electrons. The Balaban J connectivity index is 2.04. The molecule has 0 bridgehead atoms. The second-order valence-corrected chi connectivity index (χ2v) is 11.9. The fraction of sp³-hybridized carbons (Fsp3) is 0.310. The van der Waals surface area contributed by atoms with Crippen LogP contribution in [0.5, 0.6) is 5.75 Å². The highest BCUT2D eigenvalue weighted by molar-refractivity contribution is 9.10. The lowest BCUT2D eigenvalue weighted by molar-refractivity contribution is -0.140. The van der Waals surface area contributed by atoms with Gasteiger partial charge in [-0.15, -0.1) is 0 Å². The smallest absolute Gasteiger partial charge is 0.244 e. The first-order chi connectivity index (χ1) is 18.6. The van der Waals surface area contributed by atoms with Gasteiger partial charge in [0.05, 0.1) is 19.1 Å². The van der Waals surface area contributed by atoms with Crippen LogP contribution in [0.25, 0.3) is 0 Å². The summed E-state index contributed by atoms with van der Waals surface area (Å²) in [5.74, 6) is -0.187. The zero-order valence-corrected chi connectivity index (χ0v) is 24.7. The standard InChI is InChI=1S/C29H34BrN3O5S/c1-4-17-31-29(35)27(19-22-9-6-5-7-10-22)32(20-23-11-8-12-26(18-23)38-2)28(34)21-33(39(3,36)37)25-15-13-24(30)14-16-25/h5-16,18,27H,4,17,19-21H2,1-3H3,(H,31,35). The first-order valence-electron chi connectivity index (χ1n) is 12.6. The SMILES string of the molecule is CCCNC(=O)C(Cc1ccccc1)N(Cc1cccc(OC)c1)C(=O)CN(c1ccc(Br)cc1)S(C)(=O)=O. The van der Waals surface area contributed by atoms with Gasteiger partial charge in [0.2, 0.25) is 21.8 Å². The number of anilines is 1. The van der Waals surface area contributed by atoms with Crippen molar-refractivity contribution in [2.24, 2.45) is 0 Å². The Morgan fingerprint density at radius 1 is 0.974 bits per heavy atom. The van der Waals surface area contributed by atoms with E-state index in [4.69, 9.17) is 4.74 Å². The number of hydrogen-bond acceptors (Lipinski definition) is 5. The summed E-state index contributed by atoms with van der Waals surface area (Å²) < 4.78 is 32.8. The number of amides is 2. The Labute approximate surface area is 239 Å². The van der Waals surface area contributed by atoms with E-state index >= 15 is 0 Å². The Bertz CT molecular complexity index is 1350. The van der Waals surface area contributed by atoms with Crippen molar-refractivity contribution in [3.63, 3.8) is 0 Å². The molecule has 10 heteroatoms. The lowest BCUT2D eigenvalue weighted by atomic mass is 10.0. The van der Waals surface area contributed by atoms with Crippen molar-refractivity contribution in [3.05, 3.63) is 94.5 Å². The van der Waals surface area contributed by atoms with Crippen molar-refractivity contribution >= 4 is 43.5 Å². The molecule has 3 aromatic carbocycles. The number of carbonyl (C=O) groups is 2. The molecule has 0 radical (unpaired) electrons. The third kappa shape index (κ3) is 8.83. The van der Waals surface area contributed by atoms with Crippen molar-refractivity contribution < 1.29 is 22.7 Å². The van der Waals surface area contributed by atoms with Gasteiger partial charge >= 0.3 is 0 Å². The third-order valence-corrected chi connectivity index (χ3v) is 7.77. The molecule has 0 aliphatic carbocycles. The number of nitrogens with one attached hydrogen (secondary N) is 1. The molecular formula is C29H34BrN3O5S. The third-order valence-electron chi connectivity index (χ3n) is 6.10. The van der Waals surface area contributed by atoms with Crippen molar-refractivity contribution in [2.75, 3.05) is 30.8 Å². The highest BCUT2D eigenvalue weighted by atomic mass is 79.9. The molecule has 3 rings (SSSR count). The topological polar surface area (TPSA) is 96.0 Å². The van der Waals surface area contributed by atoms with Crippen LogP contribution >= 0.6 is 15.9 Å². The molecule has 0 aliphatic rings. The van der Waals surface area contributed by atoms with Crippen LogP contribution in [0.3, 0.4) is 0 Å². The van der Waals surface area contributed by atoms with Crippen molar-refractivity contribution in [1.82, 2.24) is 10.2 Å². The van der Waals surface area contributed by atoms with Gasteiger partial charge in [0.1, 0.15) is 18.3 Å². The highest BCUT2D eigenvalue weighted by Crippen LogP contribution is 2.23. The van der Waals surface area contributed by atoms with Crippen LogP contribution in [0.15, 0.2) is 83.3 Å². The summed E-state index contributed by atoms with van der Waals surface area (Å²) in [7, 11) is -2.26. The number of carbonyl (C=O) groups excluding carboxylic acids is 2. The molecule has 1 unspecified atom stereocenters. The molecular weight excluding hydrogens is 582 g/mol. The summed E-state index contributed by atoms with van der Waals surface area (Å²) in [6, 6.07) is 22.5. The zero-order valence-electron chi connectivity index (χ0n) is 22.3. The summed E-state index contributed by atoms with van der Waals surface area (Å²) in [5.41, 5.74) is 1.98. The lowest BCUT2D eigenvalue weighted by Crippen LogP contribution is -2.53. The van der Waals surface area contributed by atoms with Gasteiger partial charge in [-0.05, 0) is 53.9 Å². The second-order valence-electron chi connectivity index (χ2n) is 9.12. The fourth-order valence-electron chi connectivity index (χ4n) is 4.11. The maximum atomic E-state index is 14.0. The molecule has 0 aliphatic heterocycles. The maximum absolute atomic E-state index is 14.0. The van der Waals surface area contributed by atoms with E-state index in [1.165, 1.54) is 4.90 Å². The number of ether oxygens (including phenoxy) is 1. The summed E-state index contributed by atoms with van der Waals surface area (Å²) in [5, 5.41) is 2.92. The number of rotatable bonds is 13. The molecule has 39 heavy (non-hydrogen) atoms. The first-order valence-corrected chi connectivity index (χ1v) is 15.2. The molecule has 0 fully saturated rings. The van der Waals surface area contributed by atoms with Crippen LogP contribution in [0.1, 0.15) is 24.5 Å². The van der Waals surface area contributed by atoms with E-state index in [0.717, 1.165) is 32.6 Å². The summed E-state index contributed by atoms with van der Waals surface area (Å²) in [6.45, 7) is 2.04. The summed E-state index contributed by atoms with van der Waals surface area (Å²) in [4.78, 5) is 29.0. The molecule has 1 N–H and O–H groups in total. The lowest BCUT2D eigenvalue weighted by Gasteiger charge is -2.33. The number of sulfonamides is 1. The molecule has 0 spiro atoms.